The van der Waals surface area contributed by atoms with E-state index in [1.165, 1.54) is 0 Å². The third kappa shape index (κ3) is 4.78. The second-order valence-corrected chi connectivity index (χ2v) is 4.31. The van der Waals surface area contributed by atoms with Gasteiger partial charge in [-0.2, -0.15) is 4.79 Å². The van der Waals surface area contributed by atoms with Crippen molar-refractivity contribution in [3.63, 3.8) is 0 Å². The van der Waals surface area contributed by atoms with Crippen LogP contribution < -0.4 is 0 Å². The average Bonchev–Trinajstić information content (AvgIpc) is 2.48. The van der Waals surface area contributed by atoms with Crippen LogP contribution in [0.1, 0.15) is 31.2 Å². The molecule has 0 saturated carbocycles. The van der Waals surface area contributed by atoms with Crippen LogP contribution >= 0.6 is 0 Å². The SMILES string of the molecule is CCOC(=O)C(=[N+]=[N-])C(=O)CC(CC=O)c1ccccc1. The maximum absolute atomic E-state index is 12.0. The molecule has 6 nitrogen and oxygen atoms in total. The highest BCUT2D eigenvalue weighted by atomic mass is 16.5. The van der Waals surface area contributed by atoms with Crippen molar-refractivity contribution in [3.8, 4) is 0 Å². The number of hydrogen-bond acceptors (Lipinski definition) is 4. The van der Waals surface area contributed by atoms with E-state index in [4.69, 9.17) is 5.53 Å². The molecule has 0 aromatic heterocycles. The van der Waals surface area contributed by atoms with Gasteiger partial charge < -0.3 is 15.1 Å². The van der Waals surface area contributed by atoms with Gasteiger partial charge in [-0.25, -0.2) is 4.79 Å². The average molecular weight is 288 g/mol. The second kappa shape index (κ2) is 8.55. The minimum Gasteiger partial charge on any atom is -0.457 e. The monoisotopic (exact) mass is 288 g/mol. The summed E-state index contributed by atoms with van der Waals surface area (Å²) in [4.78, 5) is 37.0. The van der Waals surface area contributed by atoms with E-state index in [0.29, 0.717) is 6.29 Å². The Morgan fingerprint density at radius 1 is 1.33 bits per heavy atom. The number of rotatable bonds is 8. The molecule has 0 spiro atoms. The Balaban J connectivity index is 2.88. The van der Waals surface area contributed by atoms with E-state index < -0.39 is 17.5 Å². The van der Waals surface area contributed by atoms with Crippen LogP contribution in [0.25, 0.3) is 5.53 Å². The van der Waals surface area contributed by atoms with E-state index in [1.54, 1.807) is 31.2 Å². The minimum atomic E-state index is -0.970. The number of esters is 1. The topological polar surface area (TPSA) is 96.8 Å². The summed E-state index contributed by atoms with van der Waals surface area (Å²) in [5.41, 5.74) is 8.96. The van der Waals surface area contributed by atoms with Gasteiger partial charge in [0.05, 0.1) is 6.61 Å². The van der Waals surface area contributed by atoms with Gasteiger partial charge in [-0.15, -0.1) is 0 Å². The maximum atomic E-state index is 12.0. The summed E-state index contributed by atoms with van der Waals surface area (Å²) in [6.07, 6.45) is 0.739. The normalized spacial score (nSPS) is 11.1. The van der Waals surface area contributed by atoms with Crippen molar-refractivity contribution >= 4 is 23.8 Å². The van der Waals surface area contributed by atoms with E-state index >= 15 is 0 Å². The number of Topliss-reactive ketones (excluding diaryl/α,β-unsaturated/α-hetero) is 1. The molecule has 0 heterocycles. The first kappa shape index (κ1) is 16.5. The van der Waals surface area contributed by atoms with Crippen LogP contribution in [0.2, 0.25) is 0 Å². The van der Waals surface area contributed by atoms with E-state index in [9.17, 15) is 14.4 Å². The fraction of sp³-hybridized carbons (Fsp3) is 0.333. The van der Waals surface area contributed by atoms with Crippen LogP contribution in [0.3, 0.4) is 0 Å². The number of ether oxygens (including phenoxy) is 1. The summed E-state index contributed by atoms with van der Waals surface area (Å²) < 4.78 is 4.64. The number of carbonyl (C=O) groups is 3. The van der Waals surface area contributed by atoms with Crippen molar-refractivity contribution in [1.82, 2.24) is 0 Å². The highest BCUT2D eigenvalue weighted by Crippen LogP contribution is 2.22. The number of nitrogens with zero attached hydrogens (tertiary/aromatic N) is 2. The summed E-state index contributed by atoms with van der Waals surface area (Å²) in [5.74, 6) is -2.00. The smallest absolute Gasteiger partial charge is 0.441 e. The first-order valence-electron chi connectivity index (χ1n) is 6.55. The molecule has 21 heavy (non-hydrogen) atoms. The van der Waals surface area contributed by atoms with E-state index in [-0.39, 0.29) is 25.4 Å². The second-order valence-electron chi connectivity index (χ2n) is 4.31. The summed E-state index contributed by atoms with van der Waals surface area (Å²) >= 11 is 0. The summed E-state index contributed by atoms with van der Waals surface area (Å²) in [6.45, 7) is 1.65. The Kier molecular flexibility index (Phi) is 6.71. The fourth-order valence-electron chi connectivity index (χ4n) is 1.91. The minimum absolute atomic E-state index is 0.0710. The van der Waals surface area contributed by atoms with Gasteiger partial charge in [0.2, 0.25) is 0 Å². The van der Waals surface area contributed by atoms with Crippen LogP contribution in [-0.4, -0.2) is 35.1 Å². The van der Waals surface area contributed by atoms with Gasteiger partial charge in [-0.05, 0) is 18.4 Å². The lowest BCUT2D eigenvalue weighted by Gasteiger charge is -2.12. The van der Waals surface area contributed by atoms with Crippen molar-refractivity contribution in [2.45, 2.75) is 25.7 Å². The van der Waals surface area contributed by atoms with Gasteiger partial charge in [0.15, 0.2) is 0 Å². The van der Waals surface area contributed by atoms with E-state index in [2.05, 4.69) is 9.53 Å². The molecule has 1 atom stereocenters. The fourth-order valence-corrected chi connectivity index (χ4v) is 1.91. The molecule has 0 aliphatic heterocycles. The van der Waals surface area contributed by atoms with Gasteiger partial charge in [0.25, 0.3) is 5.78 Å². The molecule has 0 fully saturated rings. The molecule has 0 radical (unpaired) electrons. The Labute approximate surface area is 122 Å². The van der Waals surface area contributed by atoms with Crippen LogP contribution in [0.4, 0.5) is 0 Å². The molecule has 1 unspecified atom stereocenters. The maximum Gasteiger partial charge on any atom is 0.441 e. The van der Waals surface area contributed by atoms with Gasteiger partial charge in [-0.3, -0.25) is 4.79 Å². The van der Waals surface area contributed by atoms with Crippen molar-refractivity contribution in [2.75, 3.05) is 6.61 Å². The van der Waals surface area contributed by atoms with Crippen molar-refractivity contribution in [1.29, 1.82) is 0 Å². The molecule has 0 amide bonds. The first-order chi connectivity index (χ1) is 10.1. The Bertz CT molecular complexity index is 562. The highest BCUT2D eigenvalue weighted by molar-refractivity contribution is 6.62. The largest absolute Gasteiger partial charge is 0.457 e. The lowest BCUT2D eigenvalue weighted by Crippen LogP contribution is -2.28. The van der Waals surface area contributed by atoms with Crippen LogP contribution in [0.5, 0.6) is 0 Å². The zero-order chi connectivity index (χ0) is 15.7. The molecule has 0 N–H and O–H groups in total. The van der Waals surface area contributed by atoms with Crippen molar-refractivity contribution < 1.29 is 23.9 Å². The van der Waals surface area contributed by atoms with Crippen LogP contribution in [0, 0.1) is 0 Å². The first-order valence-corrected chi connectivity index (χ1v) is 6.55. The number of ketones is 1. The summed E-state index contributed by atoms with van der Waals surface area (Å²) in [6, 6.07) is 9.00. The molecule has 110 valence electrons. The predicted octanol–water partition coefficient (Wildman–Crippen LogP) is 1.55. The number of hydrogen-bond donors (Lipinski definition) is 0. The molecule has 1 aromatic rings. The lowest BCUT2D eigenvalue weighted by atomic mass is 9.90. The third-order valence-electron chi connectivity index (χ3n) is 2.92. The Hall–Kier alpha value is -2.59. The summed E-state index contributed by atoms with van der Waals surface area (Å²) in [5, 5.41) is 0. The van der Waals surface area contributed by atoms with Crippen LogP contribution in [-0.2, 0) is 19.1 Å². The Morgan fingerprint density at radius 2 is 2.00 bits per heavy atom. The molecule has 1 aromatic carbocycles. The zero-order valence-electron chi connectivity index (χ0n) is 11.7. The van der Waals surface area contributed by atoms with Gasteiger partial charge in [0.1, 0.15) is 6.29 Å². The molecule has 6 heteroatoms. The quantitative estimate of drug-likeness (QED) is 0.181. The predicted molar refractivity (Wildman–Crippen MR) is 74.7 cm³/mol. The molecule has 0 saturated heterocycles. The van der Waals surface area contributed by atoms with Crippen molar-refractivity contribution in [2.24, 2.45) is 0 Å². The highest BCUT2D eigenvalue weighted by Gasteiger charge is 2.32. The number of aldehydes is 1. The standard InChI is InChI=1S/C15H16N2O4/c1-2-21-15(20)14(17-16)13(19)10-12(8-9-18)11-6-4-3-5-7-11/h3-7,9,12H,2,8,10H2,1H3. The number of benzene rings is 1. The molecule has 0 aliphatic carbocycles. The molecular weight excluding hydrogens is 272 g/mol. The molecule has 1 rings (SSSR count). The lowest BCUT2D eigenvalue weighted by molar-refractivity contribution is -0.141. The molecule has 0 bridgehead atoms. The van der Waals surface area contributed by atoms with E-state index in [0.717, 1.165) is 5.56 Å². The van der Waals surface area contributed by atoms with Gasteiger partial charge in [0, 0.05) is 12.8 Å². The molecule has 0 aliphatic rings. The third-order valence-corrected chi connectivity index (χ3v) is 2.92. The molecular formula is C15H16N2O4. The van der Waals surface area contributed by atoms with E-state index in [1.807, 2.05) is 6.07 Å². The zero-order valence-corrected chi connectivity index (χ0v) is 11.7. The number of carbonyl (C=O) groups excluding carboxylic acids is 3. The summed E-state index contributed by atoms with van der Waals surface area (Å²) in [7, 11) is 0. The van der Waals surface area contributed by atoms with Crippen LogP contribution in [0.15, 0.2) is 30.3 Å². The van der Waals surface area contributed by atoms with Gasteiger partial charge >= 0.3 is 11.7 Å². The Morgan fingerprint density at radius 3 is 2.52 bits per heavy atom. The van der Waals surface area contributed by atoms with Crippen molar-refractivity contribution in [3.05, 3.63) is 41.4 Å². The van der Waals surface area contributed by atoms with Gasteiger partial charge in [-0.1, -0.05) is 30.3 Å².